The lowest BCUT2D eigenvalue weighted by molar-refractivity contribution is 0.923. The monoisotopic (exact) mass is 228 g/mol. The van der Waals surface area contributed by atoms with Gasteiger partial charge in [-0.25, -0.2) is 9.50 Å². The van der Waals surface area contributed by atoms with Gasteiger partial charge < -0.3 is 5.32 Å². The molecular weight excluding hydrogens is 216 g/mol. The highest BCUT2D eigenvalue weighted by Gasteiger charge is 2.06. The van der Waals surface area contributed by atoms with Gasteiger partial charge in [-0.1, -0.05) is 0 Å². The highest BCUT2D eigenvalue weighted by molar-refractivity contribution is 5.72. The number of nitrogens with one attached hydrogen (secondary N) is 2. The second-order valence-corrected chi connectivity index (χ2v) is 3.95. The summed E-state index contributed by atoms with van der Waals surface area (Å²) in [4.78, 5) is 4.30. The van der Waals surface area contributed by atoms with Crippen molar-refractivity contribution >= 4 is 17.2 Å². The Morgan fingerprint density at radius 2 is 2.18 bits per heavy atom. The smallest absolute Gasteiger partial charge is 0.157 e. The molecule has 3 aromatic heterocycles. The van der Waals surface area contributed by atoms with Crippen molar-refractivity contribution in [3.63, 3.8) is 0 Å². The molecule has 3 heterocycles. The van der Waals surface area contributed by atoms with Crippen LogP contribution in [0.15, 0.2) is 24.5 Å². The van der Waals surface area contributed by atoms with Crippen LogP contribution in [0, 0.1) is 13.8 Å². The zero-order valence-electron chi connectivity index (χ0n) is 9.60. The number of anilines is 2. The third kappa shape index (κ3) is 1.73. The maximum Gasteiger partial charge on any atom is 0.157 e. The molecule has 0 saturated heterocycles. The first-order chi connectivity index (χ1) is 8.22. The molecule has 3 aromatic rings. The lowest BCUT2D eigenvalue weighted by Crippen LogP contribution is -1.97. The summed E-state index contributed by atoms with van der Waals surface area (Å²) < 4.78 is 1.80. The molecule has 0 radical (unpaired) electrons. The summed E-state index contributed by atoms with van der Waals surface area (Å²) in [5.41, 5.74) is 2.90. The summed E-state index contributed by atoms with van der Waals surface area (Å²) in [6.07, 6.45) is 3.53. The number of aromatic amines is 1. The predicted octanol–water partition coefficient (Wildman–Crippen LogP) is 1.81. The average Bonchev–Trinajstić information content (AvgIpc) is 2.84. The number of hydrogen-bond donors (Lipinski definition) is 2. The van der Waals surface area contributed by atoms with Crippen LogP contribution >= 0.6 is 0 Å². The lowest BCUT2D eigenvalue weighted by Gasteiger charge is -2.02. The van der Waals surface area contributed by atoms with E-state index in [1.807, 2.05) is 32.2 Å². The third-order valence-electron chi connectivity index (χ3n) is 2.46. The van der Waals surface area contributed by atoms with Crippen LogP contribution in [-0.4, -0.2) is 24.8 Å². The SMILES string of the molecule is Cc1cc2c(Nc3cc(C)[nH]n3)nccn2n1. The molecule has 17 heavy (non-hydrogen) atoms. The molecular formula is C11H12N6. The number of rotatable bonds is 2. The Labute approximate surface area is 97.7 Å². The van der Waals surface area contributed by atoms with Crippen molar-refractivity contribution in [2.45, 2.75) is 13.8 Å². The first-order valence-electron chi connectivity index (χ1n) is 5.32. The fourth-order valence-electron chi connectivity index (χ4n) is 1.74. The molecule has 0 aliphatic rings. The van der Waals surface area contributed by atoms with Gasteiger partial charge in [-0.3, -0.25) is 5.10 Å². The standard InChI is InChI=1S/C11H12N6/c1-7-6-10(15-14-7)13-11-9-5-8(2)16-17(9)4-3-12-11/h3-6H,1-2H3,(H2,12,13,14,15). The van der Waals surface area contributed by atoms with E-state index in [0.29, 0.717) is 0 Å². The van der Waals surface area contributed by atoms with Crippen molar-refractivity contribution in [2.24, 2.45) is 0 Å². The van der Waals surface area contributed by atoms with Crippen LogP contribution in [0.1, 0.15) is 11.4 Å². The Hall–Kier alpha value is -2.37. The molecule has 6 nitrogen and oxygen atoms in total. The highest BCUT2D eigenvalue weighted by atomic mass is 15.3. The van der Waals surface area contributed by atoms with Crippen LogP contribution in [0.25, 0.3) is 5.52 Å². The molecule has 86 valence electrons. The molecule has 0 atom stereocenters. The largest absolute Gasteiger partial charge is 0.322 e. The second kappa shape index (κ2) is 3.58. The Bertz CT molecular complexity index is 665. The van der Waals surface area contributed by atoms with Crippen molar-refractivity contribution in [1.29, 1.82) is 0 Å². The van der Waals surface area contributed by atoms with E-state index in [-0.39, 0.29) is 0 Å². The maximum atomic E-state index is 4.33. The number of hydrogen-bond acceptors (Lipinski definition) is 4. The van der Waals surface area contributed by atoms with E-state index in [1.54, 1.807) is 10.7 Å². The van der Waals surface area contributed by atoms with Gasteiger partial charge in [0.1, 0.15) is 5.52 Å². The topological polar surface area (TPSA) is 70.9 Å². The van der Waals surface area contributed by atoms with Crippen LogP contribution in [0.4, 0.5) is 11.6 Å². The van der Waals surface area contributed by atoms with Gasteiger partial charge in [0.25, 0.3) is 0 Å². The minimum atomic E-state index is 0.750. The first kappa shape index (κ1) is 9.83. The van der Waals surface area contributed by atoms with Crippen molar-refractivity contribution in [1.82, 2.24) is 24.8 Å². The number of H-pyrrole nitrogens is 1. The van der Waals surface area contributed by atoms with Gasteiger partial charge >= 0.3 is 0 Å². The van der Waals surface area contributed by atoms with Crippen molar-refractivity contribution in [3.05, 3.63) is 35.9 Å². The molecule has 2 N–H and O–H groups in total. The predicted molar refractivity (Wildman–Crippen MR) is 64.3 cm³/mol. The minimum absolute atomic E-state index is 0.750. The van der Waals surface area contributed by atoms with Gasteiger partial charge in [-0.05, 0) is 19.9 Å². The number of aromatic nitrogens is 5. The Kier molecular flexibility index (Phi) is 2.07. The molecule has 3 rings (SSSR count). The van der Waals surface area contributed by atoms with Gasteiger partial charge in [0, 0.05) is 24.2 Å². The van der Waals surface area contributed by atoms with Crippen molar-refractivity contribution in [3.8, 4) is 0 Å². The fraction of sp³-hybridized carbons (Fsp3) is 0.182. The summed E-state index contributed by atoms with van der Waals surface area (Å²) >= 11 is 0. The normalized spacial score (nSPS) is 10.9. The van der Waals surface area contributed by atoms with E-state index in [0.717, 1.165) is 28.5 Å². The second-order valence-electron chi connectivity index (χ2n) is 3.95. The maximum absolute atomic E-state index is 4.33. The van der Waals surface area contributed by atoms with E-state index in [1.165, 1.54) is 0 Å². The molecule has 0 aliphatic carbocycles. The van der Waals surface area contributed by atoms with Crippen molar-refractivity contribution < 1.29 is 0 Å². The van der Waals surface area contributed by atoms with Crippen LogP contribution in [0.5, 0.6) is 0 Å². The van der Waals surface area contributed by atoms with Crippen LogP contribution in [0.3, 0.4) is 0 Å². The first-order valence-corrected chi connectivity index (χ1v) is 5.32. The van der Waals surface area contributed by atoms with E-state index < -0.39 is 0 Å². The van der Waals surface area contributed by atoms with E-state index in [2.05, 4.69) is 25.6 Å². The fourth-order valence-corrected chi connectivity index (χ4v) is 1.74. The minimum Gasteiger partial charge on any atom is -0.322 e. The summed E-state index contributed by atoms with van der Waals surface area (Å²) in [6.45, 7) is 3.91. The van der Waals surface area contributed by atoms with Gasteiger partial charge in [0.15, 0.2) is 11.6 Å². The molecule has 0 unspecified atom stereocenters. The number of aryl methyl sites for hydroxylation is 2. The summed E-state index contributed by atoms with van der Waals surface area (Å²) in [5, 5.41) is 14.5. The van der Waals surface area contributed by atoms with Crippen molar-refractivity contribution in [2.75, 3.05) is 5.32 Å². The average molecular weight is 228 g/mol. The third-order valence-corrected chi connectivity index (χ3v) is 2.46. The molecule has 0 aromatic carbocycles. The van der Waals surface area contributed by atoms with E-state index >= 15 is 0 Å². The molecule has 0 aliphatic heterocycles. The van der Waals surface area contributed by atoms with Crippen LogP contribution < -0.4 is 5.32 Å². The highest BCUT2D eigenvalue weighted by Crippen LogP contribution is 2.18. The van der Waals surface area contributed by atoms with E-state index in [9.17, 15) is 0 Å². The van der Waals surface area contributed by atoms with Gasteiger partial charge in [0.05, 0.1) is 5.69 Å². The molecule has 6 heteroatoms. The van der Waals surface area contributed by atoms with Gasteiger partial charge in [-0.15, -0.1) is 0 Å². The Morgan fingerprint density at radius 3 is 2.94 bits per heavy atom. The molecule has 0 fully saturated rings. The molecule has 0 bridgehead atoms. The number of nitrogens with zero attached hydrogens (tertiary/aromatic N) is 4. The number of fused-ring (bicyclic) bond motifs is 1. The molecule has 0 saturated carbocycles. The Morgan fingerprint density at radius 1 is 1.29 bits per heavy atom. The molecule has 0 spiro atoms. The molecule has 0 amide bonds. The van der Waals surface area contributed by atoms with Crippen LogP contribution in [-0.2, 0) is 0 Å². The quantitative estimate of drug-likeness (QED) is 0.701. The Balaban J connectivity index is 2.05. The van der Waals surface area contributed by atoms with Gasteiger partial charge in [-0.2, -0.15) is 10.2 Å². The summed E-state index contributed by atoms with van der Waals surface area (Å²) in [7, 11) is 0. The van der Waals surface area contributed by atoms with E-state index in [4.69, 9.17) is 0 Å². The summed E-state index contributed by atoms with van der Waals surface area (Å²) in [6, 6.07) is 3.91. The van der Waals surface area contributed by atoms with Gasteiger partial charge in [0.2, 0.25) is 0 Å². The zero-order chi connectivity index (χ0) is 11.8. The van der Waals surface area contributed by atoms with Crippen LogP contribution in [0.2, 0.25) is 0 Å². The lowest BCUT2D eigenvalue weighted by atomic mass is 10.4. The zero-order valence-corrected chi connectivity index (χ0v) is 9.60. The summed E-state index contributed by atoms with van der Waals surface area (Å²) in [5.74, 6) is 1.50.